The SMILES string of the molecule is O=C([O-])Cc1nsc2ccc(Cl)cc12. The lowest BCUT2D eigenvalue weighted by atomic mass is 10.2. The van der Waals surface area contributed by atoms with Crippen LogP contribution in [-0.2, 0) is 11.2 Å². The molecule has 5 heteroatoms. The normalized spacial score (nSPS) is 10.6. The fourth-order valence-electron chi connectivity index (χ4n) is 1.22. The number of nitrogens with zero attached hydrogens (tertiary/aromatic N) is 1. The van der Waals surface area contributed by atoms with Crippen molar-refractivity contribution in [2.45, 2.75) is 6.42 Å². The summed E-state index contributed by atoms with van der Waals surface area (Å²) < 4.78 is 4.97. The Morgan fingerprint density at radius 1 is 1.57 bits per heavy atom. The number of carboxylic acid groups (broad SMARTS) is 1. The van der Waals surface area contributed by atoms with Crippen LogP contribution in [0.2, 0.25) is 5.02 Å². The van der Waals surface area contributed by atoms with Gasteiger partial charge in [-0.3, -0.25) is 0 Å². The monoisotopic (exact) mass is 226 g/mol. The second-order valence-corrected chi connectivity index (χ2v) is 4.06. The number of carbonyl (C=O) groups is 1. The van der Waals surface area contributed by atoms with Gasteiger partial charge in [-0.2, -0.15) is 4.37 Å². The Morgan fingerprint density at radius 2 is 2.36 bits per heavy atom. The molecule has 1 aromatic carbocycles. The number of hydrogen-bond donors (Lipinski definition) is 0. The third-order valence-electron chi connectivity index (χ3n) is 1.82. The third kappa shape index (κ3) is 1.71. The molecule has 0 amide bonds. The highest BCUT2D eigenvalue weighted by molar-refractivity contribution is 7.13. The van der Waals surface area contributed by atoms with E-state index in [0.717, 1.165) is 10.1 Å². The molecule has 0 unspecified atom stereocenters. The minimum absolute atomic E-state index is 0.166. The molecule has 0 atom stereocenters. The fourth-order valence-corrected chi connectivity index (χ4v) is 2.17. The number of fused-ring (bicyclic) bond motifs is 1. The van der Waals surface area contributed by atoms with Crippen molar-refractivity contribution < 1.29 is 9.90 Å². The summed E-state index contributed by atoms with van der Waals surface area (Å²) in [5.74, 6) is -1.13. The molecular formula is C9H5ClNO2S-. The zero-order valence-electron chi connectivity index (χ0n) is 6.99. The summed E-state index contributed by atoms with van der Waals surface area (Å²) in [7, 11) is 0. The number of rotatable bonds is 2. The van der Waals surface area contributed by atoms with E-state index in [-0.39, 0.29) is 6.42 Å². The molecule has 2 aromatic rings. The van der Waals surface area contributed by atoms with Crippen LogP contribution in [-0.4, -0.2) is 10.3 Å². The van der Waals surface area contributed by atoms with Gasteiger partial charge in [0.15, 0.2) is 0 Å². The van der Waals surface area contributed by atoms with E-state index in [0.29, 0.717) is 10.7 Å². The molecule has 0 saturated heterocycles. The standard InChI is InChI=1S/C9H6ClNO2S/c10-5-1-2-8-6(3-5)7(11-14-8)4-9(12)13/h1-3H,4H2,(H,12,13)/p-1. The van der Waals surface area contributed by atoms with Gasteiger partial charge >= 0.3 is 0 Å². The molecule has 0 aliphatic carbocycles. The number of carboxylic acids is 1. The van der Waals surface area contributed by atoms with Crippen molar-refractivity contribution >= 4 is 39.2 Å². The average molecular weight is 227 g/mol. The van der Waals surface area contributed by atoms with Crippen molar-refractivity contribution in [1.29, 1.82) is 0 Å². The van der Waals surface area contributed by atoms with E-state index < -0.39 is 5.97 Å². The van der Waals surface area contributed by atoms with Crippen molar-refractivity contribution in [1.82, 2.24) is 4.37 Å². The number of carbonyl (C=O) groups excluding carboxylic acids is 1. The van der Waals surface area contributed by atoms with Crippen molar-refractivity contribution in [2.24, 2.45) is 0 Å². The van der Waals surface area contributed by atoms with Crippen molar-refractivity contribution in [3.05, 3.63) is 28.9 Å². The highest BCUT2D eigenvalue weighted by Crippen LogP contribution is 2.25. The van der Waals surface area contributed by atoms with E-state index in [9.17, 15) is 9.90 Å². The highest BCUT2D eigenvalue weighted by atomic mass is 35.5. The molecule has 14 heavy (non-hydrogen) atoms. The molecule has 2 rings (SSSR count). The number of benzene rings is 1. The molecule has 0 N–H and O–H groups in total. The van der Waals surface area contributed by atoms with E-state index in [4.69, 9.17) is 11.6 Å². The summed E-state index contributed by atoms with van der Waals surface area (Å²) in [6.45, 7) is 0. The molecule has 0 radical (unpaired) electrons. The number of aliphatic carboxylic acids is 1. The number of hydrogen-bond acceptors (Lipinski definition) is 4. The Hall–Kier alpha value is -1.13. The lowest BCUT2D eigenvalue weighted by Gasteiger charge is -1.98. The van der Waals surface area contributed by atoms with Crippen molar-refractivity contribution in [3.63, 3.8) is 0 Å². The van der Waals surface area contributed by atoms with Gasteiger partial charge < -0.3 is 9.90 Å². The van der Waals surface area contributed by atoms with Crippen LogP contribution in [0.5, 0.6) is 0 Å². The maximum Gasteiger partial charge on any atom is 0.0677 e. The maximum atomic E-state index is 10.4. The summed E-state index contributed by atoms with van der Waals surface area (Å²) in [5, 5.41) is 11.8. The van der Waals surface area contributed by atoms with E-state index in [1.165, 1.54) is 11.5 Å². The molecule has 0 spiro atoms. The summed E-state index contributed by atoms with van der Waals surface area (Å²) in [4.78, 5) is 10.4. The third-order valence-corrected chi connectivity index (χ3v) is 2.92. The Kier molecular flexibility index (Phi) is 2.39. The lowest BCUT2D eigenvalue weighted by Crippen LogP contribution is -2.24. The van der Waals surface area contributed by atoms with Gasteiger partial charge in [0.25, 0.3) is 0 Å². The van der Waals surface area contributed by atoms with Gasteiger partial charge in [0.1, 0.15) is 0 Å². The van der Waals surface area contributed by atoms with Crippen LogP contribution in [0.15, 0.2) is 18.2 Å². The van der Waals surface area contributed by atoms with Gasteiger partial charge in [-0.25, -0.2) is 0 Å². The van der Waals surface area contributed by atoms with Gasteiger partial charge in [0, 0.05) is 22.8 Å². The van der Waals surface area contributed by atoms with E-state index in [1.54, 1.807) is 12.1 Å². The van der Waals surface area contributed by atoms with Gasteiger partial charge in [0.2, 0.25) is 0 Å². The molecular weight excluding hydrogens is 222 g/mol. The second kappa shape index (κ2) is 3.55. The van der Waals surface area contributed by atoms with Crippen LogP contribution >= 0.6 is 23.1 Å². The molecule has 0 saturated carbocycles. The molecule has 0 aliphatic rings. The van der Waals surface area contributed by atoms with Crippen LogP contribution in [0.4, 0.5) is 0 Å². The first kappa shape index (κ1) is 9.43. The zero-order valence-corrected chi connectivity index (χ0v) is 8.56. The fraction of sp³-hybridized carbons (Fsp3) is 0.111. The Bertz CT molecular complexity index is 495. The first-order valence-corrected chi connectivity index (χ1v) is 5.05. The quantitative estimate of drug-likeness (QED) is 0.774. The van der Waals surface area contributed by atoms with Crippen molar-refractivity contribution in [2.75, 3.05) is 0 Å². The van der Waals surface area contributed by atoms with Crippen LogP contribution in [0.1, 0.15) is 5.69 Å². The molecule has 3 nitrogen and oxygen atoms in total. The molecule has 72 valence electrons. The Balaban J connectivity index is 2.55. The van der Waals surface area contributed by atoms with Gasteiger partial charge in [-0.15, -0.1) is 0 Å². The van der Waals surface area contributed by atoms with Crippen molar-refractivity contribution in [3.8, 4) is 0 Å². The number of aromatic nitrogens is 1. The molecule has 0 bridgehead atoms. The maximum absolute atomic E-state index is 10.4. The van der Waals surface area contributed by atoms with E-state index in [2.05, 4.69) is 4.37 Å². The van der Waals surface area contributed by atoms with Gasteiger partial charge in [-0.05, 0) is 29.7 Å². The first-order chi connectivity index (χ1) is 6.66. The lowest BCUT2D eigenvalue weighted by molar-refractivity contribution is -0.304. The predicted molar refractivity (Wildman–Crippen MR) is 53.3 cm³/mol. The predicted octanol–water partition coefficient (Wildman–Crippen LogP) is 1.24. The Morgan fingerprint density at radius 3 is 3.07 bits per heavy atom. The molecule has 0 fully saturated rings. The summed E-state index contributed by atoms with van der Waals surface area (Å²) >= 11 is 7.06. The molecule has 1 heterocycles. The van der Waals surface area contributed by atoms with E-state index in [1.807, 2.05) is 6.07 Å². The van der Waals surface area contributed by atoms with Crippen LogP contribution in [0.25, 0.3) is 10.1 Å². The van der Waals surface area contributed by atoms with Crippen LogP contribution in [0.3, 0.4) is 0 Å². The zero-order chi connectivity index (χ0) is 10.1. The molecule has 0 aliphatic heterocycles. The minimum Gasteiger partial charge on any atom is -0.550 e. The van der Waals surface area contributed by atoms with E-state index >= 15 is 0 Å². The van der Waals surface area contributed by atoms with Crippen LogP contribution < -0.4 is 5.11 Å². The summed E-state index contributed by atoms with van der Waals surface area (Å²) in [6.07, 6.45) is -0.166. The smallest absolute Gasteiger partial charge is 0.0677 e. The first-order valence-electron chi connectivity index (χ1n) is 3.90. The number of halogens is 1. The van der Waals surface area contributed by atoms with Crippen LogP contribution in [0, 0.1) is 0 Å². The van der Waals surface area contributed by atoms with Gasteiger partial charge in [0.05, 0.1) is 10.4 Å². The summed E-state index contributed by atoms with van der Waals surface area (Å²) in [5.41, 5.74) is 0.521. The summed E-state index contributed by atoms with van der Waals surface area (Å²) in [6, 6.07) is 5.30. The largest absolute Gasteiger partial charge is 0.550 e. The second-order valence-electron chi connectivity index (χ2n) is 2.82. The minimum atomic E-state index is -1.13. The highest BCUT2D eigenvalue weighted by Gasteiger charge is 2.06. The van der Waals surface area contributed by atoms with Gasteiger partial charge in [-0.1, -0.05) is 11.6 Å². The Labute approximate surface area is 89.1 Å². The molecule has 1 aromatic heterocycles. The topological polar surface area (TPSA) is 53.0 Å². The average Bonchev–Trinajstić information content (AvgIpc) is 2.47.